The van der Waals surface area contributed by atoms with Crippen LogP contribution in [0.5, 0.6) is 0 Å². The fraction of sp³-hybridized carbons (Fsp3) is 0.167. The average Bonchev–Trinajstić information content (AvgIpc) is 2.21. The molecule has 0 atom stereocenters. The van der Waals surface area contributed by atoms with Crippen molar-refractivity contribution in [3.63, 3.8) is 0 Å². The fourth-order valence-corrected chi connectivity index (χ4v) is 1.29. The van der Waals surface area contributed by atoms with Crippen LogP contribution in [0.2, 0.25) is 0 Å². The van der Waals surface area contributed by atoms with Gasteiger partial charge in [0.05, 0.1) is 9.35 Å². The summed E-state index contributed by atoms with van der Waals surface area (Å²) in [6, 6.07) is 8.36. The molecule has 2 rings (SSSR count). The van der Waals surface area contributed by atoms with Gasteiger partial charge in [0.15, 0.2) is 0 Å². The number of pyridine rings is 2. The molecule has 2 heterocycles. The van der Waals surface area contributed by atoms with Crippen molar-refractivity contribution in [2.45, 2.75) is 13.8 Å². The zero-order chi connectivity index (χ0) is 9.97. The van der Waals surface area contributed by atoms with E-state index in [0.29, 0.717) is 0 Å². The van der Waals surface area contributed by atoms with Crippen LogP contribution in [0.25, 0.3) is 0 Å². The molecule has 0 N–H and O–H groups in total. The maximum atomic E-state index is 2.09. The highest BCUT2D eigenvalue weighted by Gasteiger charge is 2.09. The highest BCUT2D eigenvalue weighted by atomic mass is 35.5. The first-order valence-corrected chi connectivity index (χ1v) is 4.72. The lowest BCUT2D eigenvalue weighted by Gasteiger charge is -1.90. The van der Waals surface area contributed by atoms with Crippen LogP contribution in [0.3, 0.4) is 0 Å². The van der Waals surface area contributed by atoms with Gasteiger partial charge in [-0.2, -0.15) is 0 Å². The van der Waals surface area contributed by atoms with Gasteiger partial charge in [0.2, 0.25) is 24.8 Å². The van der Waals surface area contributed by atoms with Crippen LogP contribution in [0.15, 0.2) is 49.1 Å². The first kappa shape index (κ1) is 14.9. The molecule has 0 saturated heterocycles. The summed E-state index contributed by atoms with van der Waals surface area (Å²) in [4.78, 5) is 0. The molecule has 16 heavy (non-hydrogen) atoms. The molecule has 0 spiro atoms. The summed E-state index contributed by atoms with van der Waals surface area (Å²) >= 11 is 0. The Balaban J connectivity index is 0.00000112. The molecule has 0 unspecified atom stereocenters. The molecular formula is C12H14Cl2N2. The molecule has 0 amide bonds. The molecular weight excluding hydrogens is 243 g/mol. The van der Waals surface area contributed by atoms with Crippen molar-refractivity contribution in [2.75, 3.05) is 0 Å². The minimum absolute atomic E-state index is 0. The third kappa shape index (κ3) is 3.47. The molecule has 2 nitrogen and oxygen atoms in total. The van der Waals surface area contributed by atoms with E-state index in [9.17, 15) is 0 Å². The fourth-order valence-electron chi connectivity index (χ4n) is 1.29. The predicted molar refractivity (Wildman–Crippen MR) is 53.5 cm³/mol. The second-order valence-electron chi connectivity index (χ2n) is 3.51. The molecule has 0 aliphatic carbocycles. The van der Waals surface area contributed by atoms with Gasteiger partial charge in [0.1, 0.15) is 0 Å². The monoisotopic (exact) mass is 256 g/mol. The second kappa shape index (κ2) is 6.46. The van der Waals surface area contributed by atoms with E-state index in [0.717, 1.165) is 0 Å². The highest BCUT2D eigenvalue weighted by Crippen LogP contribution is 1.90. The Morgan fingerprint density at radius 3 is 1.12 bits per heavy atom. The first-order chi connectivity index (χ1) is 6.75. The normalized spacial score (nSPS) is 8.88. The van der Waals surface area contributed by atoms with Crippen molar-refractivity contribution in [2.24, 2.45) is 0 Å². The highest BCUT2D eigenvalue weighted by molar-refractivity contribution is 5.04. The largest absolute Gasteiger partial charge is 1.00 e. The van der Waals surface area contributed by atoms with Crippen molar-refractivity contribution in [3.8, 4) is 0 Å². The standard InChI is InChI=1S/C12H14N2.2ClH/c1-11-3-7-13(8-4-11)14-9-5-12(2)6-10-14;;/h3-10H,1-2H3;2*1H/q+2;;/p-2. The molecule has 0 aliphatic heterocycles. The zero-order valence-corrected chi connectivity index (χ0v) is 10.8. The number of aryl methyl sites for hydroxylation is 2. The lowest BCUT2D eigenvalue weighted by Crippen LogP contribution is -3.00. The average molecular weight is 257 g/mol. The van der Waals surface area contributed by atoms with Gasteiger partial charge < -0.3 is 24.8 Å². The maximum absolute atomic E-state index is 2.09. The molecule has 0 radical (unpaired) electrons. The third-order valence-corrected chi connectivity index (χ3v) is 2.23. The maximum Gasteiger partial charge on any atom is 0.242 e. The quantitative estimate of drug-likeness (QED) is 0.453. The molecule has 4 heteroatoms. The van der Waals surface area contributed by atoms with Crippen LogP contribution >= 0.6 is 0 Å². The van der Waals surface area contributed by atoms with Crippen LogP contribution < -0.4 is 34.2 Å². The summed E-state index contributed by atoms with van der Waals surface area (Å²) < 4.78 is 4.07. The Morgan fingerprint density at radius 1 is 0.625 bits per heavy atom. The Hall–Kier alpha value is -1.12. The molecule has 86 valence electrons. The summed E-state index contributed by atoms with van der Waals surface area (Å²) in [6.07, 6.45) is 8.19. The number of nitrogens with zero attached hydrogens (tertiary/aromatic N) is 2. The Kier molecular flexibility index (Phi) is 6.01. The summed E-state index contributed by atoms with van der Waals surface area (Å²) in [7, 11) is 0. The molecule has 2 aromatic rings. The number of hydrogen-bond acceptors (Lipinski definition) is 0. The summed E-state index contributed by atoms with van der Waals surface area (Å²) in [5.41, 5.74) is 2.54. The zero-order valence-electron chi connectivity index (χ0n) is 9.27. The van der Waals surface area contributed by atoms with Crippen LogP contribution in [0.4, 0.5) is 0 Å². The van der Waals surface area contributed by atoms with E-state index in [1.807, 2.05) is 34.1 Å². The van der Waals surface area contributed by atoms with Crippen LogP contribution in [0.1, 0.15) is 11.1 Å². The minimum Gasteiger partial charge on any atom is -1.00 e. The van der Waals surface area contributed by atoms with E-state index in [2.05, 4.69) is 38.1 Å². The lowest BCUT2D eigenvalue weighted by molar-refractivity contribution is -1.30. The van der Waals surface area contributed by atoms with Crippen molar-refractivity contribution in [1.82, 2.24) is 0 Å². The van der Waals surface area contributed by atoms with Gasteiger partial charge in [0, 0.05) is 24.3 Å². The van der Waals surface area contributed by atoms with E-state index < -0.39 is 0 Å². The number of halogens is 2. The van der Waals surface area contributed by atoms with Crippen molar-refractivity contribution < 1.29 is 34.2 Å². The Bertz CT molecular complexity index is 380. The van der Waals surface area contributed by atoms with E-state index in [-0.39, 0.29) is 24.8 Å². The van der Waals surface area contributed by atoms with E-state index in [4.69, 9.17) is 0 Å². The van der Waals surface area contributed by atoms with Gasteiger partial charge in [-0.3, -0.25) is 0 Å². The summed E-state index contributed by atoms with van der Waals surface area (Å²) in [5, 5.41) is 0. The predicted octanol–water partition coefficient (Wildman–Crippen LogP) is -4.80. The molecule has 0 aliphatic rings. The Morgan fingerprint density at radius 2 is 0.875 bits per heavy atom. The summed E-state index contributed by atoms with van der Waals surface area (Å²) in [6.45, 7) is 4.17. The molecule has 0 aromatic carbocycles. The SMILES string of the molecule is Cc1cc[n+](-[n+]2ccc(C)cc2)cc1.[Cl-].[Cl-]. The smallest absolute Gasteiger partial charge is 0.242 e. The van der Waals surface area contributed by atoms with Gasteiger partial charge in [-0.25, -0.2) is 0 Å². The van der Waals surface area contributed by atoms with Crippen LogP contribution in [-0.4, -0.2) is 0 Å². The van der Waals surface area contributed by atoms with Crippen molar-refractivity contribution >= 4 is 0 Å². The molecule has 0 bridgehead atoms. The minimum atomic E-state index is 0. The van der Waals surface area contributed by atoms with Gasteiger partial charge in [-0.05, 0) is 25.0 Å². The van der Waals surface area contributed by atoms with Gasteiger partial charge in [-0.15, -0.1) is 0 Å². The molecule has 2 aromatic heterocycles. The molecule has 0 fully saturated rings. The van der Waals surface area contributed by atoms with Crippen molar-refractivity contribution in [3.05, 3.63) is 60.2 Å². The van der Waals surface area contributed by atoms with Crippen LogP contribution in [-0.2, 0) is 0 Å². The second-order valence-corrected chi connectivity index (χ2v) is 3.51. The Labute approximate surface area is 108 Å². The van der Waals surface area contributed by atoms with Crippen molar-refractivity contribution in [1.29, 1.82) is 0 Å². The molecule has 0 saturated carbocycles. The summed E-state index contributed by atoms with van der Waals surface area (Å²) in [5.74, 6) is 0. The van der Waals surface area contributed by atoms with Gasteiger partial charge in [0.25, 0.3) is 0 Å². The lowest BCUT2D eigenvalue weighted by atomic mass is 10.3. The number of hydrogen-bond donors (Lipinski definition) is 0. The topological polar surface area (TPSA) is 7.76 Å². The van der Waals surface area contributed by atoms with E-state index >= 15 is 0 Å². The van der Waals surface area contributed by atoms with E-state index in [1.165, 1.54) is 11.1 Å². The van der Waals surface area contributed by atoms with Crippen LogP contribution in [0, 0.1) is 13.8 Å². The van der Waals surface area contributed by atoms with Gasteiger partial charge in [-0.1, -0.05) is 0 Å². The first-order valence-electron chi connectivity index (χ1n) is 4.72. The number of rotatable bonds is 1. The third-order valence-electron chi connectivity index (χ3n) is 2.23. The van der Waals surface area contributed by atoms with Gasteiger partial charge >= 0.3 is 0 Å². The number of aromatic nitrogens is 2. The van der Waals surface area contributed by atoms with E-state index in [1.54, 1.807) is 0 Å².